The highest BCUT2D eigenvalue weighted by molar-refractivity contribution is 5.96. The molecular weight excluding hydrogens is 336 g/mol. The van der Waals surface area contributed by atoms with Gasteiger partial charge in [0.25, 0.3) is 5.91 Å². The number of rotatable bonds is 6. The van der Waals surface area contributed by atoms with Gasteiger partial charge in [0.15, 0.2) is 0 Å². The Morgan fingerprint density at radius 1 is 1.00 bits per heavy atom. The van der Waals surface area contributed by atoms with Crippen LogP contribution in [0.4, 0.5) is 0 Å². The van der Waals surface area contributed by atoms with Crippen LogP contribution in [0.2, 0.25) is 0 Å². The molecule has 1 heterocycles. The third-order valence-corrected chi connectivity index (χ3v) is 4.56. The Balaban J connectivity index is 1.79. The molecule has 0 saturated carbocycles. The Morgan fingerprint density at radius 3 is 2.30 bits per heavy atom. The molecule has 140 valence electrons. The molecule has 1 amide bonds. The zero-order chi connectivity index (χ0) is 19.4. The van der Waals surface area contributed by atoms with Crippen molar-refractivity contribution in [3.05, 3.63) is 82.7 Å². The first kappa shape index (κ1) is 18.9. The molecule has 0 aliphatic heterocycles. The molecule has 5 nitrogen and oxygen atoms in total. The highest BCUT2D eigenvalue weighted by Gasteiger charge is 2.19. The summed E-state index contributed by atoms with van der Waals surface area (Å²) >= 11 is 0. The molecule has 0 fully saturated rings. The monoisotopic (exact) mass is 362 g/mol. The molecule has 1 aromatic heterocycles. The van der Waals surface area contributed by atoms with Crippen LogP contribution in [-0.4, -0.2) is 34.7 Å². The van der Waals surface area contributed by atoms with Gasteiger partial charge in [-0.05, 0) is 51.2 Å². The van der Waals surface area contributed by atoms with Crippen LogP contribution < -0.4 is 5.32 Å². The van der Waals surface area contributed by atoms with Crippen LogP contribution in [0.1, 0.15) is 32.9 Å². The van der Waals surface area contributed by atoms with E-state index in [0.717, 1.165) is 29.2 Å². The first-order chi connectivity index (χ1) is 13.0. The van der Waals surface area contributed by atoms with Crippen molar-refractivity contribution in [1.82, 2.24) is 20.0 Å². The summed E-state index contributed by atoms with van der Waals surface area (Å²) in [5.74, 6) is -0.0909. The number of carbonyl (C=O) groups excluding carboxylic acids is 1. The van der Waals surface area contributed by atoms with Crippen LogP contribution in [0.25, 0.3) is 5.69 Å². The number of hydrogen-bond donors (Lipinski definition) is 1. The highest BCUT2D eigenvalue weighted by atomic mass is 16.1. The first-order valence-corrected chi connectivity index (χ1v) is 9.08. The van der Waals surface area contributed by atoms with Gasteiger partial charge in [-0.15, -0.1) is 0 Å². The fourth-order valence-corrected chi connectivity index (χ4v) is 3.28. The standard InChI is InChI=1S/C22H26N4O/c1-16-21(17(2)26(24-16)20-12-6-5-7-13-20)22(27)23-14-18-10-8-9-11-19(18)15-25(3)4/h5-13H,14-15H2,1-4H3,(H,23,27). The van der Waals surface area contributed by atoms with E-state index in [2.05, 4.69) is 27.4 Å². The summed E-state index contributed by atoms with van der Waals surface area (Å²) < 4.78 is 1.82. The second-order valence-corrected chi connectivity index (χ2v) is 6.98. The lowest BCUT2D eigenvalue weighted by molar-refractivity contribution is 0.0949. The van der Waals surface area contributed by atoms with Crippen molar-refractivity contribution in [2.75, 3.05) is 14.1 Å². The SMILES string of the molecule is Cc1nn(-c2ccccc2)c(C)c1C(=O)NCc1ccccc1CN(C)C. The van der Waals surface area contributed by atoms with Crippen LogP contribution in [0.5, 0.6) is 0 Å². The summed E-state index contributed by atoms with van der Waals surface area (Å²) in [5.41, 5.74) is 5.52. The topological polar surface area (TPSA) is 50.2 Å². The number of amides is 1. The second kappa shape index (κ2) is 8.18. The molecule has 27 heavy (non-hydrogen) atoms. The number of para-hydroxylation sites is 1. The largest absolute Gasteiger partial charge is 0.348 e. The van der Waals surface area contributed by atoms with E-state index in [1.54, 1.807) is 0 Å². The Morgan fingerprint density at radius 2 is 1.63 bits per heavy atom. The number of carbonyl (C=O) groups is 1. The minimum atomic E-state index is -0.0909. The fourth-order valence-electron chi connectivity index (χ4n) is 3.28. The first-order valence-electron chi connectivity index (χ1n) is 9.08. The quantitative estimate of drug-likeness (QED) is 0.730. The maximum Gasteiger partial charge on any atom is 0.255 e. The van der Waals surface area contributed by atoms with Gasteiger partial charge in [0.1, 0.15) is 0 Å². The zero-order valence-electron chi connectivity index (χ0n) is 16.4. The molecule has 0 radical (unpaired) electrons. The van der Waals surface area contributed by atoms with Gasteiger partial charge >= 0.3 is 0 Å². The molecule has 0 spiro atoms. The second-order valence-electron chi connectivity index (χ2n) is 6.98. The predicted molar refractivity (Wildman–Crippen MR) is 108 cm³/mol. The van der Waals surface area contributed by atoms with Gasteiger partial charge in [-0.1, -0.05) is 42.5 Å². The summed E-state index contributed by atoms with van der Waals surface area (Å²) in [6, 6.07) is 18.1. The molecule has 0 aliphatic carbocycles. The van der Waals surface area contributed by atoms with Gasteiger partial charge in [-0.3, -0.25) is 4.79 Å². The van der Waals surface area contributed by atoms with E-state index in [1.165, 1.54) is 5.56 Å². The molecule has 5 heteroatoms. The lowest BCUT2D eigenvalue weighted by atomic mass is 10.1. The summed E-state index contributed by atoms with van der Waals surface area (Å²) in [5, 5.41) is 7.63. The third-order valence-electron chi connectivity index (χ3n) is 4.56. The highest BCUT2D eigenvalue weighted by Crippen LogP contribution is 2.18. The van der Waals surface area contributed by atoms with Crippen molar-refractivity contribution in [2.24, 2.45) is 0 Å². The average molecular weight is 362 g/mol. The summed E-state index contributed by atoms with van der Waals surface area (Å²) in [4.78, 5) is 15.0. The number of nitrogens with one attached hydrogen (secondary N) is 1. The van der Waals surface area contributed by atoms with Crippen LogP contribution in [0.3, 0.4) is 0 Å². The molecule has 0 bridgehead atoms. The maximum atomic E-state index is 12.9. The van der Waals surface area contributed by atoms with Crippen molar-refractivity contribution in [1.29, 1.82) is 0 Å². The molecule has 0 aliphatic rings. The van der Waals surface area contributed by atoms with Gasteiger partial charge in [0.05, 0.1) is 22.6 Å². The van der Waals surface area contributed by atoms with Crippen molar-refractivity contribution in [3.63, 3.8) is 0 Å². The molecule has 0 saturated heterocycles. The maximum absolute atomic E-state index is 12.9. The molecule has 3 aromatic rings. The van der Waals surface area contributed by atoms with Crippen LogP contribution in [0, 0.1) is 13.8 Å². The van der Waals surface area contributed by atoms with Gasteiger partial charge in [-0.25, -0.2) is 4.68 Å². The van der Waals surface area contributed by atoms with Gasteiger partial charge in [0, 0.05) is 13.1 Å². The number of aromatic nitrogens is 2. The van der Waals surface area contributed by atoms with Crippen LogP contribution >= 0.6 is 0 Å². The molecule has 1 N–H and O–H groups in total. The van der Waals surface area contributed by atoms with Gasteiger partial charge < -0.3 is 10.2 Å². The molecule has 0 atom stereocenters. The van der Waals surface area contributed by atoms with E-state index in [0.29, 0.717) is 12.1 Å². The van der Waals surface area contributed by atoms with Crippen molar-refractivity contribution < 1.29 is 4.79 Å². The zero-order valence-corrected chi connectivity index (χ0v) is 16.4. The van der Waals surface area contributed by atoms with Crippen LogP contribution in [-0.2, 0) is 13.1 Å². The predicted octanol–water partition coefficient (Wildman–Crippen LogP) is 3.48. The minimum absolute atomic E-state index is 0.0909. The van der Waals surface area contributed by atoms with Gasteiger partial charge in [-0.2, -0.15) is 5.10 Å². The normalized spacial score (nSPS) is 11.0. The van der Waals surface area contributed by atoms with E-state index < -0.39 is 0 Å². The van der Waals surface area contributed by atoms with E-state index in [9.17, 15) is 4.79 Å². The molecule has 0 unspecified atom stereocenters. The minimum Gasteiger partial charge on any atom is -0.348 e. The van der Waals surface area contributed by atoms with E-state index in [4.69, 9.17) is 0 Å². The van der Waals surface area contributed by atoms with Gasteiger partial charge in [0.2, 0.25) is 0 Å². The summed E-state index contributed by atoms with van der Waals surface area (Å²) in [7, 11) is 4.08. The van der Waals surface area contributed by atoms with Crippen molar-refractivity contribution in [3.8, 4) is 5.69 Å². The van der Waals surface area contributed by atoms with Crippen molar-refractivity contribution in [2.45, 2.75) is 26.9 Å². The Labute approximate surface area is 160 Å². The third kappa shape index (κ3) is 4.26. The smallest absolute Gasteiger partial charge is 0.255 e. The van der Waals surface area contributed by atoms with E-state index >= 15 is 0 Å². The molecule has 2 aromatic carbocycles. The van der Waals surface area contributed by atoms with Crippen molar-refractivity contribution >= 4 is 5.91 Å². The lowest BCUT2D eigenvalue weighted by Crippen LogP contribution is -2.25. The average Bonchev–Trinajstić information content (AvgIpc) is 2.95. The number of hydrogen-bond acceptors (Lipinski definition) is 3. The fraction of sp³-hybridized carbons (Fsp3) is 0.273. The van der Waals surface area contributed by atoms with E-state index in [1.807, 2.05) is 75.1 Å². The summed E-state index contributed by atoms with van der Waals surface area (Å²) in [6.45, 7) is 5.15. The summed E-state index contributed by atoms with van der Waals surface area (Å²) in [6.07, 6.45) is 0. The van der Waals surface area contributed by atoms with E-state index in [-0.39, 0.29) is 5.91 Å². The Bertz CT molecular complexity index is 929. The lowest BCUT2D eigenvalue weighted by Gasteiger charge is -2.14. The number of nitrogens with zero attached hydrogens (tertiary/aromatic N) is 3. The Hall–Kier alpha value is -2.92. The number of benzene rings is 2. The molecule has 3 rings (SSSR count). The number of aryl methyl sites for hydroxylation is 1. The molecular formula is C22H26N4O. The Kier molecular flexibility index (Phi) is 5.72. The van der Waals surface area contributed by atoms with Crippen LogP contribution in [0.15, 0.2) is 54.6 Å².